The van der Waals surface area contributed by atoms with Gasteiger partial charge < -0.3 is 14.2 Å². The molecule has 0 aromatic carbocycles. The van der Waals surface area contributed by atoms with E-state index >= 15 is 0 Å². The van der Waals surface area contributed by atoms with Crippen LogP contribution in [0.1, 0.15) is 337 Å². The first-order chi connectivity index (χ1) is 32.6. The fraction of sp³-hybridized carbons (Fsp3) is 0.951. The van der Waals surface area contributed by atoms with Crippen LogP contribution in [0.2, 0.25) is 0 Å². The van der Waals surface area contributed by atoms with E-state index in [9.17, 15) is 14.4 Å². The number of ether oxygens (including phenoxy) is 3. The Morgan fingerprint density at radius 2 is 0.433 bits per heavy atom. The molecule has 0 fully saturated rings. The maximum Gasteiger partial charge on any atom is 0.306 e. The van der Waals surface area contributed by atoms with E-state index < -0.39 is 6.10 Å². The lowest BCUT2D eigenvalue weighted by atomic mass is 10.0. The van der Waals surface area contributed by atoms with Crippen LogP contribution in [-0.4, -0.2) is 37.2 Å². The highest BCUT2D eigenvalue weighted by Crippen LogP contribution is 2.19. The molecular formula is C61H118O6. The molecular weight excluding hydrogens is 829 g/mol. The molecule has 0 aromatic heterocycles. The van der Waals surface area contributed by atoms with E-state index in [1.165, 1.54) is 218 Å². The maximum atomic E-state index is 12.9. The average molecular weight is 948 g/mol. The van der Waals surface area contributed by atoms with Gasteiger partial charge >= 0.3 is 17.9 Å². The quantitative estimate of drug-likeness (QED) is 0.0343. The van der Waals surface area contributed by atoms with Crippen molar-refractivity contribution in [2.75, 3.05) is 13.2 Å². The van der Waals surface area contributed by atoms with Gasteiger partial charge in [0.2, 0.25) is 0 Å². The van der Waals surface area contributed by atoms with Crippen LogP contribution < -0.4 is 0 Å². The van der Waals surface area contributed by atoms with E-state index in [1.807, 2.05) is 0 Å². The number of hydrogen-bond donors (Lipinski definition) is 0. The second kappa shape index (κ2) is 52.2. The molecule has 0 heterocycles. The van der Waals surface area contributed by atoms with E-state index in [0.29, 0.717) is 19.3 Å². The van der Waals surface area contributed by atoms with E-state index in [-0.39, 0.29) is 31.1 Å². The van der Waals surface area contributed by atoms with Crippen LogP contribution in [0.15, 0.2) is 0 Å². The zero-order valence-electron chi connectivity index (χ0n) is 46.2. The van der Waals surface area contributed by atoms with Crippen molar-refractivity contribution in [1.29, 1.82) is 0 Å². The van der Waals surface area contributed by atoms with Gasteiger partial charge in [-0.05, 0) is 37.0 Å². The summed E-state index contributed by atoms with van der Waals surface area (Å²) in [5.74, 6) is 1.68. The minimum Gasteiger partial charge on any atom is -0.462 e. The summed E-state index contributed by atoms with van der Waals surface area (Å²) in [5.41, 5.74) is 0. The fourth-order valence-corrected chi connectivity index (χ4v) is 9.35. The molecule has 1 atom stereocenters. The van der Waals surface area contributed by atoms with Crippen LogP contribution in [0, 0.1) is 17.8 Å². The molecule has 6 heteroatoms. The van der Waals surface area contributed by atoms with Gasteiger partial charge in [0.05, 0.1) is 0 Å². The van der Waals surface area contributed by atoms with Gasteiger partial charge in [0.15, 0.2) is 6.10 Å². The fourth-order valence-electron chi connectivity index (χ4n) is 9.35. The molecule has 0 rings (SSSR count). The summed E-state index contributed by atoms with van der Waals surface area (Å²) in [7, 11) is 0. The Hall–Kier alpha value is -1.59. The number of rotatable bonds is 54. The van der Waals surface area contributed by atoms with Crippen molar-refractivity contribution in [2.45, 2.75) is 343 Å². The first kappa shape index (κ1) is 65.4. The molecule has 0 N–H and O–H groups in total. The highest BCUT2D eigenvalue weighted by Gasteiger charge is 2.19. The van der Waals surface area contributed by atoms with Crippen LogP contribution in [0.3, 0.4) is 0 Å². The molecule has 0 amide bonds. The number of esters is 3. The van der Waals surface area contributed by atoms with Gasteiger partial charge in [0.1, 0.15) is 13.2 Å². The molecule has 0 aliphatic heterocycles. The zero-order chi connectivity index (χ0) is 49.1. The smallest absolute Gasteiger partial charge is 0.306 e. The monoisotopic (exact) mass is 947 g/mol. The molecule has 0 radical (unpaired) electrons. The van der Waals surface area contributed by atoms with E-state index in [2.05, 4.69) is 41.5 Å². The Kier molecular flexibility index (Phi) is 51.0. The third-order valence-electron chi connectivity index (χ3n) is 13.9. The van der Waals surface area contributed by atoms with Gasteiger partial charge in [0, 0.05) is 19.3 Å². The molecule has 67 heavy (non-hydrogen) atoms. The van der Waals surface area contributed by atoms with Crippen LogP contribution >= 0.6 is 0 Å². The lowest BCUT2D eigenvalue weighted by Crippen LogP contribution is -2.30. The van der Waals surface area contributed by atoms with Gasteiger partial charge in [-0.2, -0.15) is 0 Å². The molecule has 0 bridgehead atoms. The Morgan fingerprint density at radius 1 is 0.254 bits per heavy atom. The minimum absolute atomic E-state index is 0.0632. The van der Waals surface area contributed by atoms with Gasteiger partial charge in [-0.1, -0.05) is 298 Å². The second-order valence-corrected chi connectivity index (χ2v) is 22.4. The summed E-state index contributed by atoms with van der Waals surface area (Å²) in [5, 5.41) is 0. The lowest BCUT2D eigenvalue weighted by molar-refractivity contribution is -0.167. The van der Waals surface area contributed by atoms with Crippen LogP contribution in [0.5, 0.6) is 0 Å². The van der Waals surface area contributed by atoms with Crippen molar-refractivity contribution in [3.63, 3.8) is 0 Å². The van der Waals surface area contributed by atoms with Crippen molar-refractivity contribution >= 4 is 17.9 Å². The number of hydrogen-bond acceptors (Lipinski definition) is 6. The SMILES string of the molecule is CC(C)CCCCCCCCCCCCCCCCCCC(=O)O[C@H](COC(=O)CCCCCCCCCCCCCCCC(C)C)COC(=O)CCCCCCCCCCCCCC(C)C. The predicted molar refractivity (Wildman–Crippen MR) is 289 cm³/mol. The molecule has 0 aliphatic rings. The number of unbranched alkanes of at least 4 members (excludes halogenated alkanes) is 37. The summed E-state index contributed by atoms with van der Waals surface area (Å²) in [6, 6.07) is 0. The molecule has 0 unspecified atom stereocenters. The molecule has 398 valence electrons. The van der Waals surface area contributed by atoms with Crippen molar-refractivity contribution in [3.05, 3.63) is 0 Å². The Labute approximate surface area is 418 Å². The van der Waals surface area contributed by atoms with Gasteiger partial charge in [-0.3, -0.25) is 14.4 Å². The van der Waals surface area contributed by atoms with Gasteiger partial charge in [0.25, 0.3) is 0 Å². The minimum atomic E-state index is -0.764. The van der Waals surface area contributed by atoms with Crippen molar-refractivity contribution in [2.24, 2.45) is 17.8 Å². The standard InChI is InChI=1S/C61H118O6/c1-55(2)47-41-35-29-23-17-12-9-7-8-10-14-21-28-34-40-46-52-61(64)67-58(54-66-60(63)51-45-39-33-27-22-16-19-25-31-37-43-49-57(5)6)53-65-59(62)50-44-38-32-26-20-15-11-13-18-24-30-36-42-48-56(3)4/h55-58H,7-54H2,1-6H3/t58-/m1/s1. The van der Waals surface area contributed by atoms with Crippen LogP contribution in [0.4, 0.5) is 0 Å². The number of carbonyl (C=O) groups is 3. The van der Waals surface area contributed by atoms with Crippen LogP contribution in [-0.2, 0) is 28.6 Å². The summed E-state index contributed by atoms with van der Waals surface area (Å²) in [6.07, 6.45) is 55.2. The Balaban J connectivity index is 4.29. The van der Waals surface area contributed by atoms with E-state index in [1.54, 1.807) is 0 Å². The summed E-state index contributed by atoms with van der Waals surface area (Å²) < 4.78 is 16.9. The van der Waals surface area contributed by atoms with Gasteiger partial charge in [-0.15, -0.1) is 0 Å². The average Bonchev–Trinajstić information content (AvgIpc) is 3.29. The van der Waals surface area contributed by atoms with Gasteiger partial charge in [-0.25, -0.2) is 0 Å². The van der Waals surface area contributed by atoms with Crippen molar-refractivity contribution in [1.82, 2.24) is 0 Å². The predicted octanol–water partition coefficient (Wildman–Crippen LogP) is 19.9. The molecule has 6 nitrogen and oxygen atoms in total. The normalized spacial score (nSPS) is 12.1. The van der Waals surface area contributed by atoms with E-state index in [0.717, 1.165) is 75.5 Å². The summed E-state index contributed by atoms with van der Waals surface area (Å²) in [4.78, 5) is 38.2. The largest absolute Gasteiger partial charge is 0.462 e. The highest BCUT2D eigenvalue weighted by molar-refractivity contribution is 5.71. The summed E-state index contributed by atoms with van der Waals surface area (Å²) >= 11 is 0. The zero-order valence-corrected chi connectivity index (χ0v) is 46.2. The first-order valence-electron chi connectivity index (χ1n) is 30.1. The topological polar surface area (TPSA) is 78.9 Å². The summed E-state index contributed by atoms with van der Waals surface area (Å²) in [6.45, 7) is 13.8. The molecule has 0 saturated carbocycles. The molecule has 0 aromatic rings. The van der Waals surface area contributed by atoms with Crippen molar-refractivity contribution < 1.29 is 28.6 Å². The third kappa shape index (κ3) is 55.2. The lowest BCUT2D eigenvalue weighted by Gasteiger charge is -2.18. The molecule has 0 spiro atoms. The second-order valence-electron chi connectivity index (χ2n) is 22.4. The Bertz CT molecular complexity index is 1040. The first-order valence-corrected chi connectivity index (χ1v) is 30.1. The molecule has 0 aliphatic carbocycles. The maximum absolute atomic E-state index is 12.9. The van der Waals surface area contributed by atoms with Crippen molar-refractivity contribution in [3.8, 4) is 0 Å². The third-order valence-corrected chi connectivity index (χ3v) is 13.9. The van der Waals surface area contributed by atoms with E-state index in [4.69, 9.17) is 14.2 Å². The number of carbonyl (C=O) groups excluding carboxylic acids is 3. The van der Waals surface area contributed by atoms with Crippen LogP contribution in [0.25, 0.3) is 0 Å². The highest BCUT2D eigenvalue weighted by atomic mass is 16.6. The Morgan fingerprint density at radius 3 is 0.642 bits per heavy atom. The molecule has 0 saturated heterocycles.